The highest BCUT2D eigenvalue weighted by Crippen LogP contribution is 2.27. The van der Waals surface area contributed by atoms with E-state index in [2.05, 4.69) is 5.32 Å². The summed E-state index contributed by atoms with van der Waals surface area (Å²) in [7, 11) is 3.11. The molecule has 0 unspecified atom stereocenters. The van der Waals surface area contributed by atoms with Crippen LogP contribution in [0.4, 0.5) is 4.39 Å². The van der Waals surface area contributed by atoms with Crippen LogP contribution in [0, 0.1) is 5.82 Å². The number of hydrogen-bond acceptors (Lipinski definition) is 4. The first-order valence-electron chi connectivity index (χ1n) is 6.98. The molecule has 0 saturated heterocycles. The Morgan fingerprint density at radius 3 is 2.39 bits per heavy atom. The van der Waals surface area contributed by atoms with Crippen molar-refractivity contribution < 1.29 is 23.4 Å². The third-order valence-electron chi connectivity index (χ3n) is 3.12. The molecule has 0 aromatic heterocycles. The zero-order valence-corrected chi connectivity index (χ0v) is 13.0. The minimum atomic E-state index is -0.352. The number of nitrogens with one attached hydrogen (secondary N) is 1. The van der Waals surface area contributed by atoms with E-state index < -0.39 is 0 Å². The van der Waals surface area contributed by atoms with E-state index in [9.17, 15) is 9.18 Å². The van der Waals surface area contributed by atoms with Crippen LogP contribution in [0.5, 0.6) is 17.2 Å². The molecule has 0 radical (unpaired) electrons. The molecular weight excluding hydrogens is 301 g/mol. The molecule has 0 atom stereocenters. The summed E-state index contributed by atoms with van der Waals surface area (Å²) in [5, 5.41) is 2.73. The predicted molar refractivity (Wildman–Crippen MR) is 83.3 cm³/mol. The summed E-state index contributed by atoms with van der Waals surface area (Å²) in [5.74, 6) is 1.04. The van der Waals surface area contributed by atoms with Crippen LogP contribution in [0.1, 0.15) is 5.56 Å². The van der Waals surface area contributed by atoms with Crippen LogP contribution in [-0.2, 0) is 11.3 Å². The molecule has 1 amide bonds. The number of carbonyl (C=O) groups is 1. The maximum Gasteiger partial charge on any atom is 0.258 e. The van der Waals surface area contributed by atoms with E-state index in [0.29, 0.717) is 23.8 Å². The monoisotopic (exact) mass is 319 g/mol. The fraction of sp³-hybridized carbons (Fsp3) is 0.235. The fourth-order valence-corrected chi connectivity index (χ4v) is 1.92. The van der Waals surface area contributed by atoms with Gasteiger partial charge in [-0.05, 0) is 42.0 Å². The second-order valence-corrected chi connectivity index (χ2v) is 4.71. The van der Waals surface area contributed by atoms with Crippen molar-refractivity contribution in [2.45, 2.75) is 6.54 Å². The van der Waals surface area contributed by atoms with E-state index in [0.717, 1.165) is 5.56 Å². The van der Waals surface area contributed by atoms with Crippen molar-refractivity contribution >= 4 is 5.91 Å². The first-order valence-corrected chi connectivity index (χ1v) is 6.98. The predicted octanol–water partition coefficient (Wildman–Crippen LogP) is 2.54. The molecular formula is C17H18FNO4. The van der Waals surface area contributed by atoms with Gasteiger partial charge in [0.15, 0.2) is 18.1 Å². The van der Waals surface area contributed by atoms with Crippen molar-refractivity contribution in [3.05, 3.63) is 53.8 Å². The summed E-state index contributed by atoms with van der Waals surface area (Å²) in [6.07, 6.45) is 0. The van der Waals surface area contributed by atoms with Gasteiger partial charge < -0.3 is 19.5 Å². The highest BCUT2D eigenvalue weighted by Gasteiger charge is 2.07. The topological polar surface area (TPSA) is 56.8 Å². The standard InChI is InChI=1S/C17H18FNO4/c1-21-15-8-3-12(9-16(15)22-2)10-19-17(20)11-23-14-6-4-13(18)5-7-14/h3-9H,10-11H2,1-2H3,(H,19,20). The summed E-state index contributed by atoms with van der Waals surface area (Å²) in [4.78, 5) is 11.8. The number of hydrogen-bond donors (Lipinski definition) is 1. The molecule has 0 bridgehead atoms. The highest BCUT2D eigenvalue weighted by molar-refractivity contribution is 5.77. The van der Waals surface area contributed by atoms with Gasteiger partial charge in [0.2, 0.25) is 0 Å². The molecule has 0 aliphatic rings. The van der Waals surface area contributed by atoms with E-state index in [1.165, 1.54) is 24.3 Å². The number of carbonyl (C=O) groups excluding carboxylic acids is 1. The fourth-order valence-electron chi connectivity index (χ4n) is 1.92. The normalized spacial score (nSPS) is 10.0. The third kappa shape index (κ3) is 4.88. The molecule has 2 aromatic rings. The SMILES string of the molecule is COc1ccc(CNC(=O)COc2ccc(F)cc2)cc1OC. The molecule has 23 heavy (non-hydrogen) atoms. The molecule has 122 valence electrons. The second kappa shape index (κ2) is 8.03. The van der Waals surface area contributed by atoms with Crippen LogP contribution in [0.3, 0.4) is 0 Å². The van der Waals surface area contributed by atoms with Gasteiger partial charge in [0.25, 0.3) is 5.91 Å². The van der Waals surface area contributed by atoms with Gasteiger partial charge >= 0.3 is 0 Å². The van der Waals surface area contributed by atoms with Gasteiger partial charge in [-0.15, -0.1) is 0 Å². The Bertz CT molecular complexity index is 658. The number of halogens is 1. The average molecular weight is 319 g/mol. The van der Waals surface area contributed by atoms with Gasteiger partial charge in [-0.25, -0.2) is 4.39 Å². The average Bonchev–Trinajstić information content (AvgIpc) is 2.59. The van der Waals surface area contributed by atoms with Gasteiger partial charge in [0.05, 0.1) is 14.2 Å². The van der Waals surface area contributed by atoms with E-state index >= 15 is 0 Å². The van der Waals surface area contributed by atoms with Crippen LogP contribution in [0.15, 0.2) is 42.5 Å². The van der Waals surface area contributed by atoms with Gasteiger partial charge in [-0.1, -0.05) is 6.07 Å². The molecule has 5 nitrogen and oxygen atoms in total. The lowest BCUT2D eigenvalue weighted by atomic mass is 10.2. The zero-order chi connectivity index (χ0) is 16.7. The minimum absolute atomic E-state index is 0.140. The molecule has 2 aromatic carbocycles. The third-order valence-corrected chi connectivity index (χ3v) is 3.12. The van der Waals surface area contributed by atoms with Crippen molar-refractivity contribution in [1.29, 1.82) is 0 Å². The summed E-state index contributed by atoms with van der Waals surface area (Å²) < 4.78 is 28.4. The van der Waals surface area contributed by atoms with Gasteiger partial charge in [0, 0.05) is 6.54 Å². The molecule has 6 heteroatoms. The maximum atomic E-state index is 12.8. The molecule has 0 spiro atoms. The molecule has 0 saturated carbocycles. The number of benzene rings is 2. The quantitative estimate of drug-likeness (QED) is 0.852. The van der Waals surface area contributed by atoms with Crippen molar-refractivity contribution in [2.75, 3.05) is 20.8 Å². The number of rotatable bonds is 7. The van der Waals surface area contributed by atoms with Crippen LogP contribution in [0.2, 0.25) is 0 Å². The van der Waals surface area contributed by atoms with Crippen LogP contribution < -0.4 is 19.5 Å². The molecule has 0 aliphatic heterocycles. The van der Waals surface area contributed by atoms with Crippen LogP contribution in [0.25, 0.3) is 0 Å². The van der Waals surface area contributed by atoms with Crippen molar-refractivity contribution in [3.63, 3.8) is 0 Å². The molecule has 1 N–H and O–H groups in total. The van der Waals surface area contributed by atoms with Crippen molar-refractivity contribution in [1.82, 2.24) is 5.32 Å². The lowest BCUT2D eigenvalue weighted by molar-refractivity contribution is -0.123. The summed E-state index contributed by atoms with van der Waals surface area (Å²) in [6, 6.07) is 10.9. The number of amides is 1. The second-order valence-electron chi connectivity index (χ2n) is 4.71. The molecule has 0 aliphatic carbocycles. The Balaban J connectivity index is 1.83. The van der Waals surface area contributed by atoms with E-state index in [-0.39, 0.29) is 18.3 Å². The smallest absolute Gasteiger partial charge is 0.258 e. The minimum Gasteiger partial charge on any atom is -0.493 e. The van der Waals surface area contributed by atoms with Crippen molar-refractivity contribution in [2.24, 2.45) is 0 Å². The molecule has 2 rings (SSSR count). The Morgan fingerprint density at radius 2 is 1.74 bits per heavy atom. The summed E-state index contributed by atoms with van der Waals surface area (Å²) in [5.41, 5.74) is 0.873. The van der Waals surface area contributed by atoms with E-state index in [1.807, 2.05) is 6.07 Å². The first-order chi connectivity index (χ1) is 11.1. The van der Waals surface area contributed by atoms with Gasteiger partial charge in [0.1, 0.15) is 11.6 Å². The first kappa shape index (κ1) is 16.6. The van der Waals surface area contributed by atoms with Crippen LogP contribution in [-0.4, -0.2) is 26.7 Å². The van der Waals surface area contributed by atoms with Gasteiger partial charge in [-0.3, -0.25) is 4.79 Å². The number of ether oxygens (including phenoxy) is 3. The van der Waals surface area contributed by atoms with E-state index in [4.69, 9.17) is 14.2 Å². The zero-order valence-electron chi connectivity index (χ0n) is 13.0. The summed E-state index contributed by atoms with van der Waals surface area (Å²) >= 11 is 0. The lowest BCUT2D eigenvalue weighted by Crippen LogP contribution is -2.28. The highest BCUT2D eigenvalue weighted by atomic mass is 19.1. The summed E-state index contributed by atoms with van der Waals surface area (Å²) in [6.45, 7) is 0.199. The van der Waals surface area contributed by atoms with E-state index in [1.54, 1.807) is 26.4 Å². The Morgan fingerprint density at radius 1 is 1.04 bits per heavy atom. The number of methoxy groups -OCH3 is 2. The Kier molecular flexibility index (Phi) is 5.80. The molecule has 0 heterocycles. The Labute approximate surface area is 134 Å². The van der Waals surface area contributed by atoms with Crippen LogP contribution >= 0.6 is 0 Å². The molecule has 0 fully saturated rings. The maximum absolute atomic E-state index is 12.8. The lowest BCUT2D eigenvalue weighted by Gasteiger charge is -2.11. The van der Waals surface area contributed by atoms with Gasteiger partial charge in [-0.2, -0.15) is 0 Å². The largest absolute Gasteiger partial charge is 0.493 e. The van der Waals surface area contributed by atoms with Crippen molar-refractivity contribution in [3.8, 4) is 17.2 Å². The Hall–Kier alpha value is -2.76.